The number of nitrogens with one attached hydrogen (secondary N) is 4. The Labute approximate surface area is 146 Å². The smallest absolute Gasteiger partial charge is 0.108 e. The van der Waals surface area contributed by atoms with Crippen molar-refractivity contribution < 1.29 is 0 Å². The monoisotopic (exact) mass is 337 g/mol. The first kappa shape index (κ1) is 17.0. The molecule has 0 amide bonds. The van der Waals surface area contributed by atoms with Crippen molar-refractivity contribution in [2.45, 2.75) is 12.2 Å². The van der Waals surface area contributed by atoms with E-state index < -0.39 is 0 Å². The van der Waals surface area contributed by atoms with Crippen molar-refractivity contribution in [1.29, 1.82) is 5.41 Å². The summed E-state index contributed by atoms with van der Waals surface area (Å²) in [6.45, 7) is 0.529. The molecule has 0 fully saturated rings. The Bertz CT molecular complexity index is 785. The number of benzene rings is 2. The number of anilines is 2. The minimum Gasteiger partial charge on any atom is -0.398 e. The molecule has 2 unspecified atom stereocenters. The first-order chi connectivity index (χ1) is 12.1. The van der Waals surface area contributed by atoms with Gasteiger partial charge in [0.25, 0.3) is 0 Å². The standard InChI is InChI=1S/C18H23N7/c19-9-12-8-13(6-7-14(12)20)25-18-15(17(22)23-10-24-18)16(21)11-4-2-1-3-5-11/h1-9,16-17,19,23-25H,10,20-22H2. The normalized spacial score (nSPS) is 18.4. The molecule has 1 heterocycles. The molecule has 7 nitrogen and oxygen atoms in total. The molecule has 0 bridgehead atoms. The molecule has 0 aromatic heterocycles. The van der Waals surface area contributed by atoms with Crippen LogP contribution in [0, 0.1) is 5.41 Å². The van der Waals surface area contributed by atoms with E-state index >= 15 is 0 Å². The molecule has 7 heteroatoms. The molecule has 0 saturated carbocycles. The second kappa shape index (κ2) is 7.35. The van der Waals surface area contributed by atoms with Gasteiger partial charge >= 0.3 is 0 Å². The number of hydrogen-bond acceptors (Lipinski definition) is 7. The van der Waals surface area contributed by atoms with Crippen LogP contribution in [0.4, 0.5) is 11.4 Å². The van der Waals surface area contributed by atoms with Crippen LogP contribution in [0.2, 0.25) is 0 Å². The highest BCUT2D eigenvalue weighted by atomic mass is 15.2. The van der Waals surface area contributed by atoms with E-state index in [4.69, 9.17) is 22.6 Å². The van der Waals surface area contributed by atoms with Crippen molar-refractivity contribution >= 4 is 17.6 Å². The van der Waals surface area contributed by atoms with E-state index in [-0.39, 0.29) is 12.2 Å². The first-order valence-corrected chi connectivity index (χ1v) is 8.04. The van der Waals surface area contributed by atoms with E-state index in [1.807, 2.05) is 42.5 Å². The molecule has 3 rings (SSSR count). The Hall–Kier alpha value is -2.87. The van der Waals surface area contributed by atoms with Gasteiger partial charge in [0.05, 0.1) is 18.9 Å². The van der Waals surface area contributed by atoms with Crippen LogP contribution in [0.3, 0.4) is 0 Å². The number of hydrogen-bond donors (Lipinski definition) is 7. The third kappa shape index (κ3) is 3.63. The van der Waals surface area contributed by atoms with Gasteiger partial charge < -0.3 is 33.2 Å². The van der Waals surface area contributed by atoms with Crippen LogP contribution in [0.1, 0.15) is 17.2 Å². The molecular formula is C18H23N7. The summed E-state index contributed by atoms with van der Waals surface area (Å²) < 4.78 is 0. The van der Waals surface area contributed by atoms with Crippen LogP contribution in [0.25, 0.3) is 0 Å². The Morgan fingerprint density at radius 1 is 1.20 bits per heavy atom. The van der Waals surface area contributed by atoms with Gasteiger partial charge in [-0.25, -0.2) is 0 Å². The van der Waals surface area contributed by atoms with E-state index in [9.17, 15) is 0 Å². The topological polar surface area (TPSA) is 138 Å². The summed E-state index contributed by atoms with van der Waals surface area (Å²) in [7, 11) is 0. The Balaban J connectivity index is 1.96. The lowest BCUT2D eigenvalue weighted by atomic mass is 9.96. The lowest BCUT2D eigenvalue weighted by molar-refractivity contribution is 0.486. The van der Waals surface area contributed by atoms with Crippen molar-refractivity contribution in [3.8, 4) is 0 Å². The van der Waals surface area contributed by atoms with Crippen LogP contribution < -0.4 is 33.2 Å². The van der Waals surface area contributed by atoms with Crippen molar-refractivity contribution in [2.75, 3.05) is 17.7 Å². The molecule has 1 aliphatic rings. The zero-order chi connectivity index (χ0) is 17.8. The average Bonchev–Trinajstić information content (AvgIpc) is 2.64. The van der Waals surface area contributed by atoms with E-state index in [2.05, 4.69) is 16.0 Å². The fourth-order valence-electron chi connectivity index (χ4n) is 2.84. The molecule has 2 aromatic rings. The Morgan fingerprint density at radius 2 is 1.96 bits per heavy atom. The van der Waals surface area contributed by atoms with E-state index in [0.717, 1.165) is 22.6 Å². The maximum Gasteiger partial charge on any atom is 0.108 e. The van der Waals surface area contributed by atoms with Gasteiger partial charge in [0.2, 0.25) is 0 Å². The highest BCUT2D eigenvalue weighted by Gasteiger charge is 2.26. The minimum absolute atomic E-state index is 0.352. The van der Waals surface area contributed by atoms with Crippen molar-refractivity contribution in [1.82, 2.24) is 10.6 Å². The maximum absolute atomic E-state index is 7.44. The number of rotatable bonds is 5. The van der Waals surface area contributed by atoms with Gasteiger partial charge in [-0.3, -0.25) is 5.32 Å². The molecule has 0 saturated heterocycles. The van der Waals surface area contributed by atoms with Crippen LogP contribution >= 0.6 is 0 Å². The van der Waals surface area contributed by atoms with Crippen molar-refractivity contribution in [2.24, 2.45) is 11.5 Å². The zero-order valence-corrected chi connectivity index (χ0v) is 13.8. The van der Waals surface area contributed by atoms with Gasteiger partial charge in [-0.1, -0.05) is 30.3 Å². The van der Waals surface area contributed by atoms with Crippen molar-refractivity contribution in [3.63, 3.8) is 0 Å². The lowest BCUT2D eigenvalue weighted by Crippen LogP contribution is -2.52. The van der Waals surface area contributed by atoms with Gasteiger partial charge in [-0.2, -0.15) is 0 Å². The third-order valence-electron chi connectivity index (χ3n) is 4.22. The fraction of sp³-hybridized carbons (Fsp3) is 0.167. The molecule has 0 aliphatic carbocycles. The maximum atomic E-state index is 7.44. The molecular weight excluding hydrogens is 314 g/mol. The van der Waals surface area contributed by atoms with E-state index in [1.165, 1.54) is 6.21 Å². The molecule has 2 atom stereocenters. The Morgan fingerprint density at radius 3 is 2.68 bits per heavy atom. The van der Waals surface area contributed by atoms with Crippen molar-refractivity contribution in [3.05, 3.63) is 71.1 Å². The molecule has 25 heavy (non-hydrogen) atoms. The molecule has 0 radical (unpaired) electrons. The van der Waals surface area contributed by atoms with E-state index in [0.29, 0.717) is 17.9 Å². The van der Waals surface area contributed by atoms with Crippen LogP contribution in [0.15, 0.2) is 59.9 Å². The predicted molar refractivity (Wildman–Crippen MR) is 102 cm³/mol. The van der Waals surface area contributed by atoms with Crippen LogP contribution in [-0.2, 0) is 0 Å². The quantitative estimate of drug-likeness (QED) is 0.321. The second-order valence-electron chi connectivity index (χ2n) is 5.87. The van der Waals surface area contributed by atoms with Gasteiger partial charge in [0, 0.05) is 28.7 Å². The summed E-state index contributed by atoms with van der Waals surface area (Å²) in [6, 6.07) is 14.9. The van der Waals surface area contributed by atoms with Crippen LogP contribution in [0.5, 0.6) is 0 Å². The van der Waals surface area contributed by atoms with Gasteiger partial charge in [-0.05, 0) is 23.8 Å². The molecule has 2 aromatic carbocycles. The summed E-state index contributed by atoms with van der Waals surface area (Å²) in [4.78, 5) is 0. The molecule has 0 spiro atoms. The van der Waals surface area contributed by atoms with Gasteiger partial charge in [0.1, 0.15) is 5.82 Å². The van der Waals surface area contributed by atoms with E-state index in [1.54, 1.807) is 6.07 Å². The summed E-state index contributed by atoms with van der Waals surface area (Å²) in [5.74, 6) is 0.767. The third-order valence-corrected chi connectivity index (χ3v) is 4.22. The lowest BCUT2D eigenvalue weighted by Gasteiger charge is -2.32. The summed E-state index contributed by atoms with van der Waals surface area (Å²) >= 11 is 0. The number of nitrogens with two attached hydrogens (primary N) is 3. The summed E-state index contributed by atoms with van der Waals surface area (Å²) in [6.07, 6.45) is 0.863. The SMILES string of the molecule is N=Cc1cc(NC2=C(C(N)c3ccccc3)C(N)NCN2)ccc1N. The van der Waals surface area contributed by atoms with Gasteiger partial charge in [0.15, 0.2) is 0 Å². The fourth-order valence-corrected chi connectivity index (χ4v) is 2.84. The highest BCUT2D eigenvalue weighted by molar-refractivity contribution is 5.86. The molecule has 10 N–H and O–H groups in total. The zero-order valence-electron chi connectivity index (χ0n) is 13.8. The summed E-state index contributed by atoms with van der Waals surface area (Å²) in [5, 5.41) is 17.2. The van der Waals surface area contributed by atoms with Crippen LogP contribution in [-0.4, -0.2) is 19.0 Å². The Kier molecular flexibility index (Phi) is 4.99. The minimum atomic E-state index is -0.366. The predicted octanol–water partition coefficient (Wildman–Crippen LogP) is 1.03. The highest BCUT2D eigenvalue weighted by Crippen LogP contribution is 2.26. The number of nitrogen functional groups attached to an aromatic ring is 1. The molecule has 1 aliphatic heterocycles. The largest absolute Gasteiger partial charge is 0.398 e. The second-order valence-corrected chi connectivity index (χ2v) is 5.87. The van der Waals surface area contributed by atoms with Gasteiger partial charge in [-0.15, -0.1) is 0 Å². The average molecular weight is 337 g/mol. The molecule has 130 valence electrons. The summed E-state index contributed by atoms with van der Waals surface area (Å²) in [5.41, 5.74) is 22.4. The first-order valence-electron chi connectivity index (χ1n) is 8.04.